The predicted octanol–water partition coefficient (Wildman–Crippen LogP) is 7.67. The molecule has 5 heteroatoms. The molecule has 2 unspecified atom stereocenters. The molecule has 0 aromatic rings. The first-order valence-electron chi connectivity index (χ1n) is 13.8. The summed E-state index contributed by atoms with van der Waals surface area (Å²) in [6.45, 7) is 4.11. The molecule has 0 fully saturated rings. The summed E-state index contributed by atoms with van der Waals surface area (Å²) in [7, 11) is 0. The zero-order valence-corrected chi connectivity index (χ0v) is 21.6. The highest BCUT2D eigenvalue weighted by atomic mass is 16.4. The van der Waals surface area contributed by atoms with Gasteiger partial charge in [0.25, 0.3) is 0 Å². The molecule has 0 aromatic heterocycles. The number of amidine groups is 1. The molecule has 0 spiro atoms. The van der Waals surface area contributed by atoms with Crippen LogP contribution in [-0.4, -0.2) is 34.1 Å². The Balaban J connectivity index is 1.95. The molecule has 190 valence electrons. The van der Waals surface area contributed by atoms with E-state index in [4.69, 9.17) is 5.73 Å². The Kier molecular flexibility index (Phi) is 16.9. The highest BCUT2D eigenvalue weighted by Crippen LogP contribution is 2.23. The number of aliphatic carboxylic acids is 1. The molecule has 0 bridgehead atoms. The minimum atomic E-state index is -0.841. The van der Waals surface area contributed by atoms with Crippen molar-refractivity contribution >= 4 is 11.8 Å². The number of hydrogen-bond donors (Lipinski definition) is 2. The predicted molar refractivity (Wildman–Crippen MR) is 141 cm³/mol. The van der Waals surface area contributed by atoms with E-state index in [-0.39, 0.29) is 17.2 Å². The molecule has 2 atom stereocenters. The summed E-state index contributed by atoms with van der Waals surface area (Å²) >= 11 is 0. The summed E-state index contributed by atoms with van der Waals surface area (Å²) in [6.07, 6.45) is 31.2. The smallest absolute Gasteiger partial charge is 0.360 e. The number of nitrogens with zero attached hydrogens (tertiary/aromatic N) is 2. The number of nitrogens with two attached hydrogens (primary N) is 1. The van der Waals surface area contributed by atoms with Crippen LogP contribution in [0.2, 0.25) is 0 Å². The number of carboxylic acids is 1. The molecule has 3 N–H and O–H groups in total. The second-order valence-corrected chi connectivity index (χ2v) is 9.81. The number of rotatable bonds is 22. The lowest BCUT2D eigenvalue weighted by atomic mass is 10.0. The summed E-state index contributed by atoms with van der Waals surface area (Å²) < 4.78 is 0.164. The van der Waals surface area contributed by atoms with Gasteiger partial charge in [-0.25, -0.2) is 14.3 Å². The fourth-order valence-corrected chi connectivity index (χ4v) is 4.65. The van der Waals surface area contributed by atoms with Crippen molar-refractivity contribution in [2.75, 3.05) is 6.54 Å². The van der Waals surface area contributed by atoms with E-state index >= 15 is 0 Å². The van der Waals surface area contributed by atoms with E-state index < -0.39 is 5.97 Å². The second kappa shape index (κ2) is 18.9. The fourth-order valence-electron chi connectivity index (χ4n) is 4.65. The molecule has 0 radical (unpaired) electrons. The van der Waals surface area contributed by atoms with Crippen molar-refractivity contribution in [1.82, 2.24) is 0 Å². The maximum absolute atomic E-state index is 11.3. The molecule has 5 nitrogen and oxygen atoms in total. The van der Waals surface area contributed by atoms with Crippen LogP contribution in [0.25, 0.3) is 0 Å². The van der Waals surface area contributed by atoms with Crippen molar-refractivity contribution in [1.29, 1.82) is 0 Å². The van der Waals surface area contributed by atoms with Crippen LogP contribution >= 0.6 is 0 Å². The van der Waals surface area contributed by atoms with Crippen molar-refractivity contribution in [2.24, 2.45) is 10.7 Å². The number of aliphatic imine (C=N–C) groups is 1. The standard InChI is InChI=1S/C28H51N3O2/c1-3-4-5-6-7-8-9-10-11-12-13-14-15-16-17-18-19-20-21-22-27-30-23-24-31(27,26(2)29)25-28(32)33/h15-16,23-24,26H,3-14,17-22,25,29H2,1-2H3/p+1/b16-15+. The maximum atomic E-state index is 11.3. The Morgan fingerprint density at radius 2 is 1.39 bits per heavy atom. The highest BCUT2D eigenvalue weighted by Gasteiger charge is 2.40. The fraction of sp³-hybridized carbons (Fsp3) is 0.786. The summed E-state index contributed by atoms with van der Waals surface area (Å²) in [5.41, 5.74) is 6.12. The normalized spacial score (nSPS) is 18.8. The molecule has 1 aliphatic rings. The van der Waals surface area contributed by atoms with Crippen LogP contribution in [0.1, 0.15) is 129 Å². The van der Waals surface area contributed by atoms with Crippen molar-refractivity contribution in [2.45, 2.75) is 136 Å². The van der Waals surface area contributed by atoms with Crippen molar-refractivity contribution < 1.29 is 14.4 Å². The van der Waals surface area contributed by atoms with Gasteiger partial charge in [0, 0.05) is 13.3 Å². The Bertz CT molecular complexity index is 598. The van der Waals surface area contributed by atoms with Crippen LogP contribution in [-0.2, 0) is 4.79 Å². The first-order chi connectivity index (χ1) is 16.0. The van der Waals surface area contributed by atoms with E-state index in [9.17, 15) is 9.90 Å². The number of carboxylic acid groups (broad SMARTS) is 1. The minimum absolute atomic E-state index is 0.0308. The van der Waals surface area contributed by atoms with E-state index in [1.54, 1.807) is 6.20 Å². The van der Waals surface area contributed by atoms with Crippen molar-refractivity contribution in [3.8, 4) is 0 Å². The van der Waals surface area contributed by atoms with E-state index in [2.05, 4.69) is 24.1 Å². The van der Waals surface area contributed by atoms with Gasteiger partial charge < -0.3 is 5.11 Å². The number of quaternary nitrogens is 1. The van der Waals surface area contributed by atoms with E-state index in [0.29, 0.717) is 0 Å². The van der Waals surface area contributed by atoms with Gasteiger partial charge in [0.2, 0.25) is 5.84 Å². The number of carbonyl (C=O) groups is 1. The monoisotopic (exact) mass is 462 g/mol. The van der Waals surface area contributed by atoms with Crippen LogP contribution in [0.5, 0.6) is 0 Å². The molecular weight excluding hydrogens is 410 g/mol. The number of allylic oxidation sites excluding steroid dienone is 2. The zero-order valence-electron chi connectivity index (χ0n) is 21.6. The lowest BCUT2D eigenvalue weighted by molar-refractivity contribution is -0.805. The zero-order chi connectivity index (χ0) is 24.2. The third-order valence-electron chi connectivity index (χ3n) is 6.82. The van der Waals surface area contributed by atoms with E-state index in [1.807, 2.05) is 13.1 Å². The Labute approximate surface area is 203 Å². The van der Waals surface area contributed by atoms with Crippen LogP contribution in [0.4, 0.5) is 0 Å². The second-order valence-electron chi connectivity index (χ2n) is 9.81. The van der Waals surface area contributed by atoms with Gasteiger partial charge in [0.05, 0.1) is 6.20 Å². The highest BCUT2D eigenvalue weighted by molar-refractivity contribution is 5.81. The maximum Gasteiger partial charge on any atom is 0.360 e. The Morgan fingerprint density at radius 1 is 0.909 bits per heavy atom. The average molecular weight is 463 g/mol. The molecular formula is C28H52N3O2+. The van der Waals surface area contributed by atoms with Crippen LogP contribution in [0, 0.1) is 0 Å². The largest absolute Gasteiger partial charge is 0.477 e. The summed E-state index contributed by atoms with van der Waals surface area (Å²) in [5.74, 6) is 0.0470. The molecule has 1 rings (SSSR count). The lowest BCUT2D eigenvalue weighted by Crippen LogP contribution is -2.59. The number of unbranched alkanes of at least 4 members (excludes halogenated alkanes) is 15. The molecule has 0 aliphatic carbocycles. The summed E-state index contributed by atoms with van der Waals surface area (Å²) in [6, 6.07) is 0. The van der Waals surface area contributed by atoms with Crippen LogP contribution < -0.4 is 5.73 Å². The van der Waals surface area contributed by atoms with Crippen LogP contribution in [0.3, 0.4) is 0 Å². The minimum Gasteiger partial charge on any atom is -0.477 e. The van der Waals surface area contributed by atoms with Gasteiger partial charge in [-0.05, 0) is 32.1 Å². The molecule has 0 saturated heterocycles. The van der Waals surface area contributed by atoms with Gasteiger partial charge >= 0.3 is 5.97 Å². The van der Waals surface area contributed by atoms with Gasteiger partial charge in [-0.15, -0.1) is 0 Å². The third-order valence-corrected chi connectivity index (χ3v) is 6.82. The summed E-state index contributed by atoms with van der Waals surface area (Å²) in [5, 5.41) is 9.27. The Morgan fingerprint density at radius 3 is 1.88 bits per heavy atom. The van der Waals surface area contributed by atoms with Crippen LogP contribution in [0.15, 0.2) is 29.5 Å². The quantitative estimate of drug-likeness (QED) is 0.0984. The Hall–Kier alpha value is -1.46. The van der Waals surface area contributed by atoms with Crippen molar-refractivity contribution in [3.05, 3.63) is 24.6 Å². The SMILES string of the molecule is CCCCCCCCCCCCC/C=C/CCCCCCC1=NC=C[N+]1(CC(=O)O)C(C)N. The third kappa shape index (κ3) is 13.1. The molecule has 0 aromatic carbocycles. The van der Waals surface area contributed by atoms with Gasteiger partial charge in [0.15, 0.2) is 6.54 Å². The molecule has 1 aliphatic heterocycles. The average Bonchev–Trinajstić information content (AvgIpc) is 3.18. The molecule has 0 saturated carbocycles. The molecule has 1 heterocycles. The molecule has 0 amide bonds. The first-order valence-corrected chi connectivity index (χ1v) is 13.8. The van der Waals surface area contributed by atoms with E-state index in [1.165, 1.54) is 96.3 Å². The van der Waals surface area contributed by atoms with Gasteiger partial charge in [0.1, 0.15) is 12.4 Å². The number of hydrogen-bond acceptors (Lipinski definition) is 3. The summed E-state index contributed by atoms with van der Waals surface area (Å²) in [4.78, 5) is 15.7. The first kappa shape index (κ1) is 29.6. The van der Waals surface area contributed by atoms with Crippen molar-refractivity contribution in [3.63, 3.8) is 0 Å². The molecule has 33 heavy (non-hydrogen) atoms. The van der Waals surface area contributed by atoms with Gasteiger partial charge in [-0.2, -0.15) is 0 Å². The van der Waals surface area contributed by atoms with Gasteiger partial charge in [-0.3, -0.25) is 5.73 Å². The lowest BCUT2D eigenvalue weighted by Gasteiger charge is -2.34. The topological polar surface area (TPSA) is 75.7 Å². The van der Waals surface area contributed by atoms with E-state index in [0.717, 1.165) is 25.1 Å². The van der Waals surface area contributed by atoms with Gasteiger partial charge in [-0.1, -0.05) is 96.1 Å².